The van der Waals surface area contributed by atoms with Crippen molar-refractivity contribution in [3.8, 4) is 11.1 Å². The summed E-state index contributed by atoms with van der Waals surface area (Å²) in [6, 6.07) is 7.51. The lowest BCUT2D eigenvalue weighted by Crippen LogP contribution is -1.93. The number of aromatic nitrogens is 1. The predicted octanol–water partition coefficient (Wildman–Crippen LogP) is 2.22. The van der Waals surface area contributed by atoms with Gasteiger partial charge in [-0.2, -0.15) is 0 Å². The molecule has 1 aromatic carbocycles. The van der Waals surface area contributed by atoms with Crippen LogP contribution in [0.2, 0.25) is 0 Å². The SMILES string of the molecule is Cc1cncc(-c2cc(N)ccc2N)c1. The quantitative estimate of drug-likeness (QED) is 0.692. The molecular formula is C12H13N3. The molecule has 1 aromatic heterocycles. The van der Waals surface area contributed by atoms with Crippen molar-refractivity contribution in [2.45, 2.75) is 6.92 Å². The first kappa shape index (κ1) is 9.52. The van der Waals surface area contributed by atoms with Crippen LogP contribution in [-0.4, -0.2) is 4.98 Å². The fraction of sp³-hybridized carbons (Fsp3) is 0.0833. The molecule has 0 unspecified atom stereocenters. The van der Waals surface area contributed by atoms with E-state index in [1.165, 1.54) is 0 Å². The van der Waals surface area contributed by atoms with Crippen molar-refractivity contribution in [3.63, 3.8) is 0 Å². The Balaban J connectivity index is 2.58. The van der Waals surface area contributed by atoms with Gasteiger partial charge in [0.1, 0.15) is 0 Å². The van der Waals surface area contributed by atoms with E-state index >= 15 is 0 Å². The molecule has 2 aromatic rings. The molecule has 0 saturated carbocycles. The number of rotatable bonds is 1. The van der Waals surface area contributed by atoms with Crippen LogP contribution < -0.4 is 11.5 Å². The predicted molar refractivity (Wildman–Crippen MR) is 63.2 cm³/mol. The third-order valence-corrected chi connectivity index (χ3v) is 2.26. The fourth-order valence-electron chi connectivity index (χ4n) is 1.53. The van der Waals surface area contributed by atoms with Crippen LogP contribution in [0.1, 0.15) is 5.56 Å². The maximum Gasteiger partial charge on any atom is 0.0395 e. The zero-order chi connectivity index (χ0) is 10.8. The van der Waals surface area contributed by atoms with E-state index in [9.17, 15) is 0 Å². The summed E-state index contributed by atoms with van der Waals surface area (Å²) in [6.45, 7) is 2.00. The van der Waals surface area contributed by atoms with Crippen molar-refractivity contribution in [2.24, 2.45) is 0 Å². The molecule has 3 heteroatoms. The summed E-state index contributed by atoms with van der Waals surface area (Å²) >= 11 is 0. The monoisotopic (exact) mass is 199 g/mol. The highest BCUT2D eigenvalue weighted by Crippen LogP contribution is 2.27. The van der Waals surface area contributed by atoms with E-state index in [1.54, 1.807) is 12.3 Å². The minimum atomic E-state index is 0.709. The third-order valence-electron chi connectivity index (χ3n) is 2.26. The second-order valence-corrected chi connectivity index (χ2v) is 3.60. The molecular weight excluding hydrogens is 186 g/mol. The highest BCUT2D eigenvalue weighted by molar-refractivity contribution is 5.78. The van der Waals surface area contributed by atoms with E-state index in [1.807, 2.05) is 31.3 Å². The van der Waals surface area contributed by atoms with E-state index in [-0.39, 0.29) is 0 Å². The Morgan fingerprint density at radius 2 is 1.87 bits per heavy atom. The van der Waals surface area contributed by atoms with Crippen molar-refractivity contribution < 1.29 is 0 Å². The van der Waals surface area contributed by atoms with Crippen LogP contribution in [-0.2, 0) is 0 Å². The van der Waals surface area contributed by atoms with Gasteiger partial charge in [-0.25, -0.2) is 0 Å². The molecule has 0 aliphatic rings. The zero-order valence-corrected chi connectivity index (χ0v) is 8.57. The number of pyridine rings is 1. The Labute approximate surface area is 88.8 Å². The number of hydrogen-bond acceptors (Lipinski definition) is 3. The molecule has 0 amide bonds. The lowest BCUT2D eigenvalue weighted by Gasteiger charge is -2.07. The second-order valence-electron chi connectivity index (χ2n) is 3.60. The van der Waals surface area contributed by atoms with Crippen molar-refractivity contribution in [3.05, 3.63) is 42.2 Å². The zero-order valence-electron chi connectivity index (χ0n) is 8.57. The maximum absolute atomic E-state index is 5.89. The van der Waals surface area contributed by atoms with E-state index in [2.05, 4.69) is 4.98 Å². The van der Waals surface area contributed by atoms with Crippen LogP contribution in [0.3, 0.4) is 0 Å². The highest BCUT2D eigenvalue weighted by atomic mass is 14.6. The van der Waals surface area contributed by atoms with E-state index in [0.717, 1.165) is 22.4 Å². The topological polar surface area (TPSA) is 64.9 Å². The number of nitrogens with two attached hydrogens (primary N) is 2. The standard InChI is InChI=1S/C12H13N3/c1-8-4-9(7-15-6-8)11-5-10(13)2-3-12(11)14/h2-7H,13-14H2,1H3. The van der Waals surface area contributed by atoms with Gasteiger partial charge in [0.2, 0.25) is 0 Å². The molecule has 0 bridgehead atoms. The summed E-state index contributed by atoms with van der Waals surface area (Å²) in [5, 5.41) is 0. The molecule has 0 aliphatic heterocycles. The molecule has 0 fully saturated rings. The third kappa shape index (κ3) is 1.91. The summed E-state index contributed by atoms with van der Waals surface area (Å²) in [5.74, 6) is 0. The minimum Gasteiger partial charge on any atom is -0.399 e. The van der Waals surface area contributed by atoms with Gasteiger partial charge in [-0.05, 0) is 36.8 Å². The van der Waals surface area contributed by atoms with Crippen LogP contribution >= 0.6 is 0 Å². The van der Waals surface area contributed by atoms with Crippen LogP contribution in [0.5, 0.6) is 0 Å². The molecule has 0 aliphatic carbocycles. The summed E-state index contributed by atoms with van der Waals surface area (Å²) in [5.41, 5.74) is 16.1. The molecule has 2 rings (SSSR count). The summed E-state index contributed by atoms with van der Waals surface area (Å²) in [4.78, 5) is 4.14. The Morgan fingerprint density at radius 3 is 2.60 bits per heavy atom. The van der Waals surface area contributed by atoms with Gasteiger partial charge in [-0.15, -0.1) is 0 Å². The van der Waals surface area contributed by atoms with Crippen LogP contribution in [0.15, 0.2) is 36.7 Å². The van der Waals surface area contributed by atoms with Gasteiger partial charge in [0.05, 0.1) is 0 Å². The van der Waals surface area contributed by atoms with Crippen molar-refractivity contribution in [2.75, 3.05) is 11.5 Å². The first-order valence-corrected chi connectivity index (χ1v) is 4.74. The molecule has 15 heavy (non-hydrogen) atoms. The Morgan fingerprint density at radius 1 is 1.07 bits per heavy atom. The van der Waals surface area contributed by atoms with Crippen LogP contribution in [0, 0.1) is 6.92 Å². The van der Waals surface area contributed by atoms with Gasteiger partial charge in [0.25, 0.3) is 0 Å². The van der Waals surface area contributed by atoms with Crippen molar-refractivity contribution >= 4 is 11.4 Å². The first-order chi connectivity index (χ1) is 7.16. The lowest BCUT2D eigenvalue weighted by atomic mass is 10.0. The van der Waals surface area contributed by atoms with Gasteiger partial charge in [0, 0.05) is 34.9 Å². The number of nitrogen functional groups attached to an aromatic ring is 2. The highest BCUT2D eigenvalue weighted by Gasteiger charge is 2.03. The lowest BCUT2D eigenvalue weighted by molar-refractivity contribution is 1.27. The summed E-state index contributed by atoms with van der Waals surface area (Å²) in [6.07, 6.45) is 3.60. The number of hydrogen-bond donors (Lipinski definition) is 2. The first-order valence-electron chi connectivity index (χ1n) is 4.74. The van der Waals surface area contributed by atoms with Gasteiger partial charge in [-0.1, -0.05) is 0 Å². The molecule has 4 N–H and O–H groups in total. The Kier molecular flexibility index (Phi) is 2.29. The van der Waals surface area contributed by atoms with E-state index in [4.69, 9.17) is 11.5 Å². The molecule has 0 spiro atoms. The van der Waals surface area contributed by atoms with Crippen molar-refractivity contribution in [1.82, 2.24) is 4.98 Å². The normalized spacial score (nSPS) is 10.2. The average Bonchev–Trinajstić information content (AvgIpc) is 2.22. The molecule has 76 valence electrons. The molecule has 0 saturated heterocycles. The van der Waals surface area contributed by atoms with E-state index < -0.39 is 0 Å². The number of nitrogens with zero attached hydrogens (tertiary/aromatic N) is 1. The minimum absolute atomic E-state index is 0.709. The van der Waals surface area contributed by atoms with Gasteiger partial charge in [0.15, 0.2) is 0 Å². The Hall–Kier alpha value is -2.03. The molecule has 0 atom stereocenters. The fourth-order valence-corrected chi connectivity index (χ4v) is 1.53. The Bertz CT molecular complexity index is 492. The van der Waals surface area contributed by atoms with Gasteiger partial charge in [-0.3, -0.25) is 4.98 Å². The van der Waals surface area contributed by atoms with Crippen LogP contribution in [0.4, 0.5) is 11.4 Å². The average molecular weight is 199 g/mol. The smallest absolute Gasteiger partial charge is 0.0395 e. The van der Waals surface area contributed by atoms with Crippen molar-refractivity contribution in [1.29, 1.82) is 0 Å². The van der Waals surface area contributed by atoms with Gasteiger partial charge >= 0.3 is 0 Å². The number of aryl methyl sites for hydroxylation is 1. The van der Waals surface area contributed by atoms with Crippen LogP contribution in [0.25, 0.3) is 11.1 Å². The second kappa shape index (κ2) is 3.61. The van der Waals surface area contributed by atoms with E-state index in [0.29, 0.717) is 5.69 Å². The maximum atomic E-state index is 5.89. The largest absolute Gasteiger partial charge is 0.399 e. The van der Waals surface area contributed by atoms with Gasteiger partial charge < -0.3 is 11.5 Å². The molecule has 0 radical (unpaired) electrons. The summed E-state index contributed by atoms with van der Waals surface area (Å²) in [7, 11) is 0. The summed E-state index contributed by atoms with van der Waals surface area (Å²) < 4.78 is 0. The molecule has 3 nitrogen and oxygen atoms in total. The number of anilines is 2. The molecule has 1 heterocycles. The number of benzene rings is 1.